The first kappa shape index (κ1) is 12.7. The van der Waals surface area contributed by atoms with Gasteiger partial charge in [-0.3, -0.25) is 0 Å². The minimum Gasteiger partial charge on any atom is -0.497 e. The van der Waals surface area contributed by atoms with Gasteiger partial charge in [0.2, 0.25) is 0 Å². The van der Waals surface area contributed by atoms with Crippen LogP contribution in [0, 0.1) is 0 Å². The second kappa shape index (κ2) is 4.64. The molecule has 2 aromatic carbocycles. The molecule has 0 aliphatic carbocycles. The molecule has 0 aliphatic heterocycles. The molecular formula is C14H12N2O3S. The normalized spacial score (nSPS) is 11.7. The van der Waals surface area contributed by atoms with Gasteiger partial charge in [0.25, 0.3) is 10.0 Å². The lowest BCUT2D eigenvalue weighted by Gasteiger charge is -2.06. The van der Waals surface area contributed by atoms with Crippen molar-refractivity contribution in [1.29, 1.82) is 0 Å². The van der Waals surface area contributed by atoms with E-state index in [0.717, 1.165) is 0 Å². The van der Waals surface area contributed by atoms with Gasteiger partial charge in [-0.25, -0.2) is 17.4 Å². The van der Waals surface area contributed by atoms with E-state index >= 15 is 0 Å². The van der Waals surface area contributed by atoms with Crippen LogP contribution in [0.3, 0.4) is 0 Å². The fourth-order valence-corrected chi connectivity index (χ4v) is 3.31. The Bertz CT molecular complexity index is 855. The molecule has 0 saturated heterocycles. The van der Waals surface area contributed by atoms with Crippen LogP contribution in [-0.2, 0) is 10.0 Å². The number of benzene rings is 2. The summed E-state index contributed by atoms with van der Waals surface area (Å²) in [6, 6.07) is 13.4. The van der Waals surface area contributed by atoms with E-state index in [-0.39, 0.29) is 4.90 Å². The van der Waals surface area contributed by atoms with Gasteiger partial charge >= 0.3 is 0 Å². The minimum absolute atomic E-state index is 0.232. The zero-order valence-corrected chi connectivity index (χ0v) is 11.5. The van der Waals surface area contributed by atoms with Crippen LogP contribution in [0.2, 0.25) is 0 Å². The third-order valence-electron chi connectivity index (χ3n) is 3.02. The fourth-order valence-electron chi connectivity index (χ4n) is 1.99. The van der Waals surface area contributed by atoms with Gasteiger partial charge in [0, 0.05) is 6.07 Å². The number of aromatic nitrogens is 2. The summed E-state index contributed by atoms with van der Waals surface area (Å²) in [5.74, 6) is 0.639. The van der Waals surface area contributed by atoms with E-state index in [0.29, 0.717) is 16.8 Å². The molecule has 0 aliphatic rings. The largest absolute Gasteiger partial charge is 0.497 e. The summed E-state index contributed by atoms with van der Waals surface area (Å²) in [6.07, 6.45) is 1.31. The molecule has 0 radical (unpaired) electrons. The minimum atomic E-state index is -3.63. The molecular weight excluding hydrogens is 276 g/mol. The maximum atomic E-state index is 12.6. The van der Waals surface area contributed by atoms with E-state index in [9.17, 15) is 8.42 Å². The number of hydrogen-bond donors (Lipinski definition) is 0. The Balaban J connectivity index is 2.20. The monoisotopic (exact) mass is 288 g/mol. The molecule has 0 fully saturated rings. The van der Waals surface area contributed by atoms with Crippen LogP contribution < -0.4 is 4.74 Å². The Hall–Kier alpha value is -2.34. The van der Waals surface area contributed by atoms with Gasteiger partial charge in [-0.15, -0.1) is 0 Å². The smallest absolute Gasteiger partial charge is 0.269 e. The van der Waals surface area contributed by atoms with Gasteiger partial charge < -0.3 is 4.74 Å². The van der Waals surface area contributed by atoms with E-state index in [4.69, 9.17) is 4.74 Å². The highest BCUT2D eigenvalue weighted by Crippen LogP contribution is 2.23. The van der Waals surface area contributed by atoms with Crippen molar-refractivity contribution in [2.24, 2.45) is 0 Å². The Morgan fingerprint density at radius 1 is 1.10 bits per heavy atom. The number of methoxy groups -OCH3 is 1. The first-order chi connectivity index (χ1) is 9.63. The van der Waals surface area contributed by atoms with Crippen molar-refractivity contribution in [2.45, 2.75) is 4.90 Å². The average molecular weight is 288 g/mol. The van der Waals surface area contributed by atoms with Gasteiger partial charge in [0.05, 0.1) is 23.0 Å². The first-order valence-corrected chi connectivity index (χ1v) is 7.38. The topological polar surface area (TPSA) is 61.2 Å². The molecule has 0 spiro atoms. The van der Waals surface area contributed by atoms with E-state index in [1.807, 2.05) is 0 Å². The Labute approximate surface area is 116 Å². The molecule has 5 nitrogen and oxygen atoms in total. The highest BCUT2D eigenvalue weighted by Gasteiger charge is 2.19. The van der Waals surface area contributed by atoms with Gasteiger partial charge in [-0.05, 0) is 24.3 Å². The van der Waals surface area contributed by atoms with Crippen molar-refractivity contribution in [3.05, 3.63) is 54.9 Å². The molecule has 3 rings (SSSR count). The maximum absolute atomic E-state index is 12.6. The van der Waals surface area contributed by atoms with Crippen LogP contribution in [0.25, 0.3) is 11.0 Å². The van der Waals surface area contributed by atoms with Gasteiger partial charge in [-0.1, -0.05) is 18.2 Å². The van der Waals surface area contributed by atoms with Crippen molar-refractivity contribution in [3.8, 4) is 5.75 Å². The van der Waals surface area contributed by atoms with Crippen molar-refractivity contribution < 1.29 is 13.2 Å². The lowest BCUT2D eigenvalue weighted by atomic mass is 10.3. The molecule has 1 heterocycles. The molecule has 0 bridgehead atoms. The Kier molecular flexibility index (Phi) is 2.94. The van der Waals surface area contributed by atoms with Gasteiger partial charge in [0.15, 0.2) is 0 Å². The molecule has 0 N–H and O–H groups in total. The Morgan fingerprint density at radius 3 is 2.55 bits per heavy atom. The molecule has 20 heavy (non-hydrogen) atoms. The zero-order chi connectivity index (χ0) is 14.2. The van der Waals surface area contributed by atoms with E-state index in [2.05, 4.69) is 4.98 Å². The van der Waals surface area contributed by atoms with Crippen LogP contribution in [0.5, 0.6) is 5.75 Å². The molecule has 3 aromatic rings. The molecule has 0 amide bonds. The first-order valence-electron chi connectivity index (χ1n) is 5.94. The molecule has 102 valence electrons. The molecule has 6 heteroatoms. The van der Waals surface area contributed by atoms with Gasteiger partial charge in [-0.2, -0.15) is 0 Å². The average Bonchev–Trinajstić information content (AvgIpc) is 2.91. The quantitative estimate of drug-likeness (QED) is 0.742. The summed E-state index contributed by atoms with van der Waals surface area (Å²) in [4.78, 5) is 4.35. The standard InChI is InChI=1S/C14H12N2O3S/c1-19-11-7-8-14-13(9-11)15-10-16(14)20(17,18)12-5-3-2-4-6-12/h2-10H,1H3. The predicted molar refractivity (Wildman–Crippen MR) is 75.3 cm³/mol. The summed E-state index contributed by atoms with van der Waals surface area (Å²) < 4.78 is 31.4. The van der Waals surface area contributed by atoms with Crippen molar-refractivity contribution in [1.82, 2.24) is 8.96 Å². The highest BCUT2D eigenvalue weighted by molar-refractivity contribution is 7.90. The maximum Gasteiger partial charge on any atom is 0.269 e. The predicted octanol–water partition coefficient (Wildman–Crippen LogP) is 2.28. The lowest BCUT2D eigenvalue weighted by Crippen LogP contribution is -2.11. The van der Waals surface area contributed by atoms with Crippen LogP contribution in [0.4, 0.5) is 0 Å². The van der Waals surface area contributed by atoms with Crippen LogP contribution in [0.15, 0.2) is 59.8 Å². The van der Waals surface area contributed by atoms with Crippen molar-refractivity contribution >= 4 is 21.1 Å². The number of fused-ring (bicyclic) bond motifs is 1. The number of nitrogens with zero attached hydrogens (tertiary/aromatic N) is 2. The summed E-state index contributed by atoms with van der Waals surface area (Å²) >= 11 is 0. The molecule has 1 aromatic heterocycles. The zero-order valence-electron chi connectivity index (χ0n) is 10.7. The van der Waals surface area contributed by atoms with E-state index < -0.39 is 10.0 Å². The third-order valence-corrected chi connectivity index (χ3v) is 4.70. The molecule has 0 atom stereocenters. The lowest BCUT2D eigenvalue weighted by molar-refractivity contribution is 0.415. The number of ether oxygens (including phenoxy) is 1. The van der Waals surface area contributed by atoms with Gasteiger partial charge in [0.1, 0.15) is 12.1 Å². The fraction of sp³-hybridized carbons (Fsp3) is 0.0714. The van der Waals surface area contributed by atoms with Crippen molar-refractivity contribution in [2.75, 3.05) is 7.11 Å². The van der Waals surface area contributed by atoms with Crippen LogP contribution >= 0.6 is 0 Å². The summed E-state index contributed by atoms with van der Waals surface area (Å²) in [6.45, 7) is 0. The number of imidazole rings is 1. The van der Waals surface area contributed by atoms with E-state index in [1.54, 1.807) is 55.6 Å². The SMILES string of the molecule is COc1ccc2c(c1)ncn2S(=O)(=O)c1ccccc1. The highest BCUT2D eigenvalue weighted by atomic mass is 32.2. The van der Waals surface area contributed by atoms with Crippen LogP contribution in [-0.4, -0.2) is 24.5 Å². The number of hydrogen-bond acceptors (Lipinski definition) is 4. The Morgan fingerprint density at radius 2 is 1.85 bits per heavy atom. The second-order valence-electron chi connectivity index (χ2n) is 4.21. The van der Waals surface area contributed by atoms with Crippen LogP contribution in [0.1, 0.15) is 0 Å². The summed E-state index contributed by atoms with van der Waals surface area (Å²) in [5, 5.41) is 0. The number of rotatable bonds is 3. The second-order valence-corrected chi connectivity index (χ2v) is 6.03. The third kappa shape index (κ3) is 1.94. The van der Waals surface area contributed by atoms with Crippen molar-refractivity contribution in [3.63, 3.8) is 0 Å². The van der Waals surface area contributed by atoms with E-state index in [1.165, 1.54) is 10.3 Å². The molecule has 0 saturated carbocycles. The summed E-state index contributed by atoms with van der Waals surface area (Å²) in [7, 11) is -2.07. The molecule has 0 unspecified atom stereocenters. The summed E-state index contributed by atoms with van der Waals surface area (Å²) in [5.41, 5.74) is 1.10.